The van der Waals surface area contributed by atoms with Gasteiger partial charge in [0.15, 0.2) is 0 Å². The van der Waals surface area contributed by atoms with Gasteiger partial charge in [-0.25, -0.2) is 9.48 Å². The molecule has 3 N–H and O–H groups in total. The Labute approximate surface area is 129 Å². The molecule has 0 fully saturated rings. The minimum atomic E-state index is -0.765. The van der Waals surface area contributed by atoms with Gasteiger partial charge in [-0.15, -0.1) is 0 Å². The molecule has 0 radical (unpaired) electrons. The van der Waals surface area contributed by atoms with E-state index < -0.39 is 17.2 Å². The van der Waals surface area contributed by atoms with Gasteiger partial charge in [-0.3, -0.25) is 19.4 Å². The second-order valence-corrected chi connectivity index (χ2v) is 5.27. The zero-order valence-corrected chi connectivity index (χ0v) is 12.2. The summed E-state index contributed by atoms with van der Waals surface area (Å²) in [6.45, 7) is 0.349. The summed E-state index contributed by atoms with van der Waals surface area (Å²) in [7, 11) is 0. The fourth-order valence-electron chi connectivity index (χ4n) is 2.55. The number of aromatic amines is 2. The van der Waals surface area contributed by atoms with Crippen molar-refractivity contribution in [3.63, 3.8) is 0 Å². The Kier molecular flexibility index (Phi) is 3.92. The Hall–Kier alpha value is -2.97. The molecule has 2 aromatic heterocycles. The first kappa shape index (κ1) is 14.9. The number of H-pyrrole nitrogens is 2. The average molecular weight is 317 g/mol. The van der Waals surface area contributed by atoms with E-state index in [4.69, 9.17) is 0 Å². The number of aryl methyl sites for hydroxylation is 2. The summed E-state index contributed by atoms with van der Waals surface area (Å²) in [6.07, 6.45) is 3.78. The number of amides is 1. The van der Waals surface area contributed by atoms with Gasteiger partial charge in [0.2, 0.25) is 0 Å². The van der Waals surface area contributed by atoms with Crippen LogP contribution in [0.5, 0.6) is 0 Å². The summed E-state index contributed by atoms with van der Waals surface area (Å²) in [5.74, 6) is -0.628. The lowest BCUT2D eigenvalue weighted by atomic mass is 10.2. The lowest BCUT2D eigenvalue weighted by Gasteiger charge is -2.08. The van der Waals surface area contributed by atoms with E-state index in [2.05, 4.69) is 15.4 Å². The third-order valence-corrected chi connectivity index (χ3v) is 3.70. The zero-order chi connectivity index (χ0) is 16.4. The molecular weight excluding hydrogens is 302 g/mol. The highest BCUT2D eigenvalue weighted by molar-refractivity contribution is 5.93. The number of hydrogen-bond acceptors (Lipinski definition) is 5. The zero-order valence-electron chi connectivity index (χ0n) is 12.2. The van der Waals surface area contributed by atoms with Crippen molar-refractivity contribution in [2.75, 3.05) is 6.54 Å². The lowest BCUT2D eigenvalue weighted by Crippen LogP contribution is -2.36. The molecule has 9 heteroatoms. The van der Waals surface area contributed by atoms with Crippen molar-refractivity contribution in [3.8, 4) is 0 Å². The van der Waals surface area contributed by atoms with Crippen molar-refractivity contribution >= 4 is 5.91 Å². The van der Waals surface area contributed by atoms with Crippen LogP contribution in [0.1, 0.15) is 28.0 Å². The Morgan fingerprint density at radius 2 is 2.13 bits per heavy atom. The van der Waals surface area contributed by atoms with Crippen LogP contribution in [0.25, 0.3) is 0 Å². The molecular formula is C14H15N5O4. The maximum atomic E-state index is 11.9. The van der Waals surface area contributed by atoms with Crippen LogP contribution in [-0.4, -0.2) is 32.2 Å². The van der Waals surface area contributed by atoms with Crippen LogP contribution in [0.2, 0.25) is 0 Å². The second-order valence-electron chi connectivity index (χ2n) is 5.27. The van der Waals surface area contributed by atoms with Crippen LogP contribution in [0, 0.1) is 0 Å². The van der Waals surface area contributed by atoms with Gasteiger partial charge < -0.3 is 10.3 Å². The molecule has 2 heterocycles. The number of carbonyl (C=O) groups is 1. The Morgan fingerprint density at radius 1 is 1.30 bits per heavy atom. The summed E-state index contributed by atoms with van der Waals surface area (Å²) in [5, 5.41) is 6.81. The largest absolute Gasteiger partial charge is 0.350 e. The van der Waals surface area contributed by atoms with Crippen LogP contribution in [0.4, 0.5) is 0 Å². The molecule has 1 aliphatic rings. The van der Waals surface area contributed by atoms with Gasteiger partial charge in [0.25, 0.3) is 17.0 Å². The molecule has 2 aromatic rings. The number of nitrogens with one attached hydrogen (secondary N) is 3. The van der Waals surface area contributed by atoms with Crippen molar-refractivity contribution in [2.24, 2.45) is 0 Å². The highest BCUT2D eigenvalue weighted by atomic mass is 16.2. The van der Waals surface area contributed by atoms with E-state index in [1.165, 1.54) is 4.68 Å². The molecule has 0 spiro atoms. The van der Waals surface area contributed by atoms with Crippen LogP contribution in [0.3, 0.4) is 0 Å². The predicted molar refractivity (Wildman–Crippen MR) is 80.5 cm³/mol. The lowest BCUT2D eigenvalue weighted by molar-refractivity contribution is 0.0949. The standard InChI is InChI=1S/C14H15N5O4/c20-11-6-8-2-1-3-10(8)18-19(11)5-4-15-12(21)9-7-16-14(23)17-13(9)22/h6-7H,1-5H2,(H,15,21)(H2,16,17,22,23). The van der Waals surface area contributed by atoms with E-state index >= 15 is 0 Å². The Balaban J connectivity index is 1.66. The molecule has 9 nitrogen and oxygen atoms in total. The summed E-state index contributed by atoms with van der Waals surface area (Å²) < 4.78 is 1.31. The Morgan fingerprint density at radius 3 is 2.91 bits per heavy atom. The van der Waals surface area contributed by atoms with Gasteiger partial charge in [0.05, 0.1) is 12.2 Å². The summed E-state index contributed by atoms with van der Waals surface area (Å²) in [6, 6.07) is 1.59. The quantitative estimate of drug-likeness (QED) is 0.634. The smallest absolute Gasteiger partial charge is 0.325 e. The SMILES string of the molecule is O=C(NCCn1nc2c(cc1=O)CCC2)c1c[nH]c(=O)[nH]c1=O. The molecule has 0 atom stereocenters. The fourth-order valence-corrected chi connectivity index (χ4v) is 2.55. The van der Waals surface area contributed by atoms with Crippen molar-refractivity contribution in [1.29, 1.82) is 0 Å². The molecule has 1 amide bonds. The van der Waals surface area contributed by atoms with Crippen LogP contribution in [0.15, 0.2) is 26.6 Å². The fraction of sp³-hybridized carbons (Fsp3) is 0.357. The molecule has 0 saturated carbocycles. The third kappa shape index (κ3) is 3.12. The second kappa shape index (κ2) is 6.03. The van der Waals surface area contributed by atoms with E-state index in [9.17, 15) is 19.2 Å². The highest BCUT2D eigenvalue weighted by Gasteiger charge is 2.15. The molecule has 1 aliphatic carbocycles. The van der Waals surface area contributed by atoms with Crippen LogP contribution in [-0.2, 0) is 19.4 Å². The van der Waals surface area contributed by atoms with Crippen molar-refractivity contribution in [2.45, 2.75) is 25.8 Å². The summed E-state index contributed by atoms with van der Waals surface area (Å²) >= 11 is 0. The van der Waals surface area contributed by atoms with Gasteiger partial charge in [0.1, 0.15) is 5.56 Å². The highest BCUT2D eigenvalue weighted by Crippen LogP contribution is 2.16. The first-order chi connectivity index (χ1) is 11.0. The number of fused-ring (bicyclic) bond motifs is 1. The van der Waals surface area contributed by atoms with Gasteiger partial charge in [0, 0.05) is 18.8 Å². The van der Waals surface area contributed by atoms with Gasteiger partial charge >= 0.3 is 5.69 Å². The van der Waals surface area contributed by atoms with E-state index in [0.29, 0.717) is 0 Å². The normalized spacial score (nSPS) is 12.9. The van der Waals surface area contributed by atoms with Crippen molar-refractivity contribution in [1.82, 2.24) is 25.1 Å². The van der Waals surface area contributed by atoms with Crippen LogP contribution < -0.4 is 22.1 Å². The molecule has 0 bridgehead atoms. The minimum Gasteiger partial charge on any atom is -0.350 e. The van der Waals surface area contributed by atoms with Gasteiger partial charge in [-0.05, 0) is 24.8 Å². The van der Waals surface area contributed by atoms with E-state index in [1.807, 2.05) is 4.98 Å². The topological polar surface area (TPSA) is 130 Å². The third-order valence-electron chi connectivity index (χ3n) is 3.70. The molecule has 120 valence electrons. The van der Waals surface area contributed by atoms with Crippen molar-refractivity contribution in [3.05, 3.63) is 60.3 Å². The van der Waals surface area contributed by atoms with E-state index in [-0.39, 0.29) is 24.2 Å². The number of nitrogens with zero attached hydrogens (tertiary/aromatic N) is 2. The summed E-state index contributed by atoms with van der Waals surface area (Å²) in [4.78, 5) is 50.4. The van der Waals surface area contributed by atoms with E-state index in [0.717, 1.165) is 36.7 Å². The molecule has 23 heavy (non-hydrogen) atoms. The molecule has 0 saturated heterocycles. The molecule has 0 aliphatic heterocycles. The first-order valence-corrected chi connectivity index (χ1v) is 7.25. The first-order valence-electron chi connectivity index (χ1n) is 7.25. The monoisotopic (exact) mass is 317 g/mol. The van der Waals surface area contributed by atoms with Crippen molar-refractivity contribution < 1.29 is 4.79 Å². The number of carbonyl (C=O) groups excluding carboxylic acids is 1. The van der Waals surface area contributed by atoms with Crippen LogP contribution >= 0.6 is 0 Å². The summed E-state index contributed by atoms with van der Waals surface area (Å²) in [5.41, 5.74) is 0.0724. The maximum absolute atomic E-state index is 11.9. The molecule has 3 rings (SSSR count). The number of hydrogen-bond donors (Lipinski definition) is 3. The van der Waals surface area contributed by atoms with E-state index in [1.54, 1.807) is 6.07 Å². The number of rotatable bonds is 4. The maximum Gasteiger partial charge on any atom is 0.325 e. The van der Waals surface area contributed by atoms with Gasteiger partial charge in [-0.2, -0.15) is 5.10 Å². The molecule has 0 unspecified atom stereocenters. The minimum absolute atomic E-state index is 0.142. The molecule has 0 aromatic carbocycles. The number of aromatic nitrogens is 4. The van der Waals surface area contributed by atoms with Gasteiger partial charge in [-0.1, -0.05) is 0 Å². The predicted octanol–water partition coefficient (Wildman–Crippen LogP) is -1.46. The average Bonchev–Trinajstić information content (AvgIpc) is 2.94. The Bertz CT molecular complexity index is 924.